The minimum absolute atomic E-state index is 0.0942. The van der Waals surface area contributed by atoms with Gasteiger partial charge in [0, 0.05) is 12.2 Å². The molecule has 0 unspecified atom stereocenters. The molecule has 102 valence electrons. The lowest BCUT2D eigenvalue weighted by Gasteiger charge is -2.07. The zero-order valence-corrected chi connectivity index (χ0v) is 10.5. The largest absolute Gasteiger partial charge is 0.465 e. The predicted molar refractivity (Wildman–Crippen MR) is 69.4 cm³/mol. The van der Waals surface area contributed by atoms with E-state index in [1.807, 2.05) is 0 Å². The lowest BCUT2D eigenvalue weighted by atomic mass is 10.2. The fourth-order valence-corrected chi connectivity index (χ4v) is 1.36. The Morgan fingerprint density at radius 3 is 2.84 bits per heavy atom. The fraction of sp³-hybridized carbons (Fsp3) is 0.231. The van der Waals surface area contributed by atoms with Crippen molar-refractivity contribution in [3.63, 3.8) is 0 Å². The molecule has 0 bridgehead atoms. The predicted octanol–water partition coefficient (Wildman–Crippen LogP) is 1.33. The van der Waals surface area contributed by atoms with Crippen LogP contribution >= 0.6 is 0 Å². The molecule has 2 N–H and O–H groups in total. The quantitative estimate of drug-likeness (QED) is 0.463. The highest BCUT2D eigenvalue weighted by Gasteiger charge is 2.13. The maximum Gasteiger partial charge on any atom is 0.340 e. The highest BCUT2D eigenvalue weighted by Crippen LogP contribution is 2.15. The standard InChI is InChI=1S/C13H15FN2O3/c1-3-6-15-8-12(17)16-9-4-5-11(14)10(7-9)13(18)19-2/h3-5,7,15H,1,6,8H2,2H3,(H,16,17). The average Bonchev–Trinajstić information content (AvgIpc) is 2.40. The summed E-state index contributed by atoms with van der Waals surface area (Å²) in [6.45, 7) is 4.10. The van der Waals surface area contributed by atoms with Crippen LogP contribution in [-0.4, -0.2) is 32.1 Å². The number of hydrogen-bond acceptors (Lipinski definition) is 4. The molecule has 0 heterocycles. The van der Waals surface area contributed by atoms with Crippen LogP contribution in [0.25, 0.3) is 0 Å². The minimum Gasteiger partial charge on any atom is -0.465 e. The van der Waals surface area contributed by atoms with E-state index in [-0.39, 0.29) is 18.0 Å². The second-order valence-corrected chi connectivity index (χ2v) is 3.65. The van der Waals surface area contributed by atoms with Crippen molar-refractivity contribution in [2.45, 2.75) is 0 Å². The number of benzene rings is 1. The second kappa shape index (κ2) is 7.27. The highest BCUT2D eigenvalue weighted by atomic mass is 19.1. The molecule has 0 aromatic heterocycles. The number of hydrogen-bond donors (Lipinski definition) is 2. The van der Waals surface area contributed by atoms with Crippen LogP contribution in [0, 0.1) is 5.82 Å². The van der Waals surface area contributed by atoms with Crippen LogP contribution in [0.3, 0.4) is 0 Å². The van der Waals surface area contributed by atoms with Gasteiger partial charge in [0.25, 0.3) is 0 Å². The third-order valence-corrected chi connectivity index (χ3v) is 2.23. The average molecular weight is 266 g/mol. The number of halogens is 1. The first-order valence-corrected chi connectivity index (χ1v) is 5.57. The van der Waals surface area contributed by atoms with Gasteiger partial charge in [-0.2, -0.15) is 0 Å². The smallest absolute Gasteiger partial charge is 0.340 e. The summed E-state index contributed by atoms with van der Waals surface area (Å²) in [6, 6.07) is 3.69. The van der Waals surface area contributed by atoms with E-state index in [0.29, 0.717) is 12.2 Å². The van der Waals surface area contributed by atoms with E-state index in [0.717, 1.165) is 13.2 Å². The first-order valence-electron chi connectivity index (χ1n) is 5.57. The first kappa shape index (κ1) is 14.8. The van der Waals surface area contributed by atoms with Crippen molar-refractivity contribution in [3.8, 4) is 0 Å². The number of carbonyl (C=O) groups excluding carboxylic acids is 2. The summed E-state index contributed by atoms with van der Waals surface area (Å²) in [6.07, 6.45) is 1.63. The zero-order valence-electron chi connectivity index (χ0n) is 10.5. The molecule has 1 aromatic carbocycles. The van der Waals surface area contributed by atoms with Crippen LogP contribution in [0.15, 0.2) is 30.9 Å². The van der Waals surface area contributed by atoms with Crippen molar-refractivity contribution in [1.29, 1.82) is 0 Å². The Morgan fingerprint density at radius 1 is 1.47 bits per heavy atom. The lowest BCUT2D eigenvalue weighted by Crippen LogP contribution is -2.28. The fourth-order valence-electron chi connectivity index (χ4n) is 1.36. The molecular weight excluding hydrogens is 251 g/mol. The van der Waals surface area contributed by atoms with Gasteiger partial charge in [-0.15, -0.1) is 6.58 Å². The number of carbonyl (C=O) groups is 2. The number of amides is 1. The minimum atomic E-state index is -0.793. The molecule has 5 nitrogen and oxygen atoms in total. The third kappa shape index (κ3) is 4.51. The molecule has 1 amide bonds. The van der Waals surface area contributed by atoms with Crippen molar-refractivity contribution in [2.24, 2.45) is 0 Å². The number of esters is 1. The molecule has 0 aliphatic carbocycles. The van der Waals surface area contributed by atoms with Crippen molar-refractivity contribution >= 4 is 17.6 Å². The molecule has 1 aromatic rings. The number of nitrogens with one attached hydrogen (secondary N) is 2. The van der Waals surface area contributed by atoms with Gasteiger partial charge < -0.3 is 15.4 Å². The van der Waals surface area contributed by atoms with Gasteiger partial charge >= 0.3 is 5.97 Å². The second-order valence-electron chi connectivity index (χ2n) is 3.65. The van der Waals surface area contributed by atoms with Crippen LogP contribution in [0.5, 0.6) is 0 Å². The van der Waals surface area contributed by atoms with E-state index < -0.39 is 11.8 Å². The highest BCUT2D eigenvalue weighted by molar-refractivity contribution is 5.95. The van der Waals surface area contributed by atoms with Gasteiger partial charge in [0.2, 0.25) is 5.91 Å². The van der Waals surface area contributed by atoms with E-state index in [1.54, 1.807) is 6.08 Å². The van der Waals surface area contributed by atoms with Crippen LogP contribution in [0.4, 0.5) is 10.1 Å². The van der Waals surface area contributed by atoms with Crippen LogP contribution in [-0.2, 0) is 9.53 Å². The molecule has 0 fully saturated rings. The summed E-state index contributed by atoms with van der Waals surface area (Å²) in [7, 11) is 1.16. The maximum absolute atomic E-state index is 13.4. The summed E-state index contributed by atoms with van der Waals surface area (Å²) in [4.78, 5) is 22.8. The van der Waals surface area contributed by atoms with Crippen LogP contribution in [0.1, 0.15) is 10.4 Å². The first-order chi connectivity index (χ1) is 9.08. The van der Waals surface area contributed by atoms with Gasteiger partial charge in [-0.1, -0.05) is 6.08 Å². The van der Waals surface area contributed by atoms with E-state index in [9.17, 15) is 14.0 Å². The summed E-state index contributed by atoms with van der Waals surface area (Å²) < 4.78 is 17.8. The molecule has 1 rings (SSSR count). The van der Waals surface area contributed by atoms with E-state index in [2.05, 4.69) is 21.9 Å². The van der Waals surface area contributed by atoms with E-state index in [1.165, 1.54) is 12.1 Å². The molecule has 0 atom stereocenters. The maximum atomic E-state index is 13.4. The number of ether oxygens (including phenoxy) is 1. The van der Waals surface area contributed by atoms with Gasteiger partial charge in [-0.3, -0.25) is 4.79 Å². The van der Waals surface area contributed by atoms with E-state index >= 15 is 0 Å². The molecule has 6 heteroatoms. The molecule has 0 saturated heterocycles. The Labute approximate surface area is 110 Å². The Hall–Kier alpha value is -2.21. The van der Waals surface area contributed by atoms with Gasteiger partial charge in [0.1, 0.15) is 5.82 Å². The molecule has 19 heavy (non-hydrogen) atoms. The monoisotopic (exact) mass is 266 g/mol. The Balaban J connectivity index is 2.71. The molecule has 0 saturated carbocycles. The van der Waals surface area contributed by atoms with Gasteiger partial charge in [0.05, 0.1) is 19.2 Å². The lowest BCUT2D eigenvalue weighted by molar-refractivity contribution is -0.115. The number of anilines is 1. The zero-order chi connectivity index (χ0) is 14.3. The molecule has 0 spiro atoms. The van der Waals surface area contributed by atoms with Gasteiger partial charge in [-0.05, 0) is 18.2 Å². The summed E-state index contributed by atoms with van der Waals surface area (Å²) >= 11 is 0. The molecular formula is C13H15FN2O3. The SMILES string of the molecule is C=CCNCC(=O)Nc1ccc(F)c(C(=O)OC)c1. The van der Waals surface area contributed by atoms with Crippen molar-refractivity contribution in [1.82, 2.24) is 5.32 Å². The van der Waals surface area contributed by atoms with Gasteiger partial charge in [-0.25, -0.2) is 9.18 Å². The summed E-state index contributed by atoms with van der Waals surface area (Å²) in [5.41, 5.74) is 0.103. The Morgan fingerprint density at radius 2 is 2.21 bits per heavy atom. The number of methoxy groups -OCH3 is 1. The van der Waals surface area contributed by atoms with E-state index in [4.69, 9.17) is 0 Å². The third-order valence-electron chi connectivity index (χ3n) is 2.23. The number of rotatable bonds is 6. The van der Waals surface area contributed by atoms with Crippen molar-refractivity contribution < 1.29 is 18.7 Å². The Bertz CT molecular complexity index is 489. The van der Waals surface area contributed by atoms with Crippen molar-refractivity contribution in [3.05, 3.63) is 42.2 Å². The summed E-state index contributed by atoms with van der Waals surface area (Å²) in [5.74, 6) is -1.79. The summed E-state index contributed by atoms with van der Waals surface area (Å²) in [5, 5.41) is 5.36. The molecule has 0 aliphatic rings. The van der Waals surface area contributed by atoms with Crippen LogP contribution in [0.2, 0.25) is 0 Å². The van der Waals surface area contributed by atoms with Gasteiger partial charge in [0.15, 0.2) is 0 Å². The van der Waals surface area contributed by atoms with Crippen LogP contribution < -0.4 is 10.6 Å². The Kier molecular flexibility index (Phi) is 5.69. The molecule has 0 aliphatic heterocycles. The van der Waals surface area contributed by atoms with Crippen molar-refractivity contribution in [2.75, 3.05) is 25.5 Å². The normalized spacial score (nSPS) is 9.79. The molecule has 0 radical (unpaired) electrons. The topological polar surface area (TPSA) is 67.4 Å².